The third-order valence-corrected chi connectivity index (χ3v) is 7.68. The Kier molecular flexibility index (Phi) is 5.95. The second kappa shape index (κ2) is 8.68. The van der Waals surface area contributed by atoms with Crippen LogP contribution in [0.5, 0.6) is 0 Å². The molecule has 1 aliphatic heterocycles. The molecule has 0 atom stereocenters. The second-order valence-corrected chi connectivity index (χ2v) is 9.79. The van der Waals surface area contributed by atoms with Gasteiger partial charge >= 0.3 is 0 Å². The number of carbonyl (C=O) groups excluding carboxylic acids is 1. The van der Waals surface area contributed by atoms with Gasteiger partial charge in [-0.15, -0.1) is 0 Å². The van der Waals surface area contributed by atoms with Crippen LogP contribution in [0.25, 0.3) is 5.65 Å². The van der Waals surface area contributed by atoms with E-state index in [4.69, 9.17) is 0 Å². The second-order valence-electron chi connectivity index (χ2n) is 7.85. The molecule has 3 aromatic rings. The summed E-state index contributed by atoms with van der Waals surface area (Å²) in [6.07, 6.45) is 3.95. The zero-order valence-electron chi connectivity index (χ0n) is 18.0. The average molecular weight is 453 g/mol. The number of anilines is 1. The van der Waals surface area contributed by atoms with Gasteiger partial charge in [0.1, 0.15) is 11.6 Å². The molecule has 2 aromatic heterocycles. The van der Waals surface area contributed by atoms with E-state index in [0.717, 1.165) is 29.8 Å². The van der Waals surface area contributed by atoms with Gasteiger partial charge < -0.3 is 5.32 Å². The number of hydrogen-bond acceptors (Lipinski definition) is 6. The first-order valence-electron chi connectivity index (χ1n) is 10.4. The minimum atomic E-state index is -3.47. The normalized spacial score (nSPS) is 14.5. The molecule has 0 aliphatic carbocycles. The first kappa shape index (κ1) is 21.9. The molecule has 32 heavy (non-hydrogen) atoms. The summed E-state index contributed by atoms with van der Waals surface area (Å²) in [5, 5.41) is 16.2. The van der Waals surface area contributed by atoms with Crippen molar-refractivity contribution in [3.8, 4) is 6.07 Å². The first-order valence-corrected chi connectivity index (χ1v) is 11.9. The predicted molar refractivity (Wildman–Crippen MR) is 119 cm³/mol. The summed E-state index contributed by atoms with van der Waals surface area (Å²) >= 11 is 0. The molecule has 1 fully saturated rings. The third-order valence-electron chi connectivity index (χ3n) is 5.77. The Morgan fingerprint density at radius 2 is 1.88 bits per heavy atom. The third kappa shape index (κ3) is 4.09. The van der Waals surface area contributed by atoms with Gasteiger partial charge in [-0.05, 0) is 62.9 Å². The van der Waals surface area contributed by atoms with Crippen molar-refractivity contribution in [3.05, 3.63) is 53.0 Å². The number of rotatable bonds is 6. The maximum absolute atomic E-state index is 12.6. The van der Waals surface area contributed by atoms with Gasteiger partial charge in [-0.2, -0.15) is 14.7 Å². The van der Waals surface area contributed by atoms with E-state index in [1.807, 2.05) is 13.8 Å². The minimum Gasteiger partial charge on any atom is -0.326 e. The Morgan fingerprint density at radius 3 is 2.53 bits per heavy atom. The summed E-state index contributed by atoms with van der Waals surface area (Å²) in [6.45, 7) is 4.85. The van der Waals surface area contributed by atoms with Crippen LogP contribution in [0.3, 0.4) is 0 Å². The molecule has 1 aromatic carbocycles. The molecular weight excluding hydrogens is 428 g/mol. The van der Waals surface area contributed by atoms with Crippen LogP contribution in [0, 0.1) is 25.2 Å². The maximum atomic E-state index is 12.6. The molecule has 0 spiro atoms. The number of aromatic nitrogens is 3. The number of carbonyl (C=O) groups is 1. The number of nitrogens with one attached hydrogen (secondary N) is 1. The van der Waals surface area contributed by atoms with Gasteiger partial charge in [-0.25, -0.2) is 17.9 Å². The fraction of sp³-hybridized carbons (Fsp3) is 0.364. The molecule has 1 aliphatic rings. The van der Waals surface area contributed by atoms with E-state index in [9.17, 15) is 18.5 Å². The monoisotopic (exact) mass is 452 g/mol. The number of nitriles is 1. The summed E-state index contributed by atoms with van der Waals surface area (Å²) in [5.41, 5.74) is 3.99. The SMILES string of the molecule is Cc1nc2c(C#N)cnn2c(C)c1CCC(=O)Nc1ccc(S(=O)(=O)N2CCCC2)cc1. The summed E-state index contributed by atoms with van der Waals surface area (Å²) in [7, 11) is -3.47. The summed E-state index contributed by atoms with van der Waals surface area (Å²) in [4.78, 5) is 17.2. The smallest absolute Gasteiger partial charge is 0.243 e. The number of nitrogens with zero attached hydrogens (tertiary/aromatic N) is 5. The molecule has 0 unspecified atom stereocenters. The van der Waals surface area contributed by atoms with Gasteiger partial charge in [-0.1, -0.05) is 0 Å². The quantitative estimate of drug-likeness (QED) is 0.614. The first-order chi connectivity index (χ1) is 15.3. The van der Waals surface area contributed by atoms with E-state index < -0.39 is 10.0 Å². The van der Waals surface area contributed by atoms with E-state index in [2.05, 4.69) is 21.5 Å². The van der Waals surface area contributed by atoms with E-state index in [-0.39, 0.29) is 17.2 Å². The molecule has 4 rings (SSSR count). The fourth-order valence-electron chi connectivity index (χ4n) is 4.00. The lowest BCUT2D eigenvalue weighted by Gasteiger charge is -2.15. The molecule has 3 heterocycles. The molecule has 0 saturated carbocycles. The lowest BCUT2D eigenvalue weighted by Crippen LogP contribution is -2.27. The van der Waals surface area contributed by atoms with Crippen molar-refractivity contribution >= 4 is 27.3 Å². The van der Waals surface area contributed by atoms with Crippen LogP contribution in [0.1, 0.15) is 41.8 Å². The number of amides is 1. The van der Waals surface area contributed by atoms with Crippen molar-refractivity contribution in [2.75, 3.05) is 18.4 Å². The Bertz CT molecular complexity index is 1320. The van der Waals surface area contributed by atoms with Gasteiger partial charge in [0.2, 0.25) is 15.9 Å². The number of benzene rings is 1. The largest absolute Gasteiger partial charge is 0.326 e. The van der Waals surface area contributed by atoms with E-state index in [1.54, 1.807) is 16.6 Å². The molecule has 166 valence electrons. The van der Waals surface area contributed by atoms with Crippen LogP contribution in [-0.4, -0.2) is 46.3 Å². The van der Waals surface area contributed by atoms with Crippen molar-refractivity contribution in [2.45, 2.75) is 44.4 Å². The number of hydrogen-bond donors (Lipinski definition) is 1. The molecule has 1 N–H and O–H groups in total. The summed E-state index contributed by atoms with van der Waals surface area (Å²) in [6, 6.07) is 8.35. The molecular formula is C22H24N6O3S. The van der Waals surface area contributed by atoms with Gasteiger partial charge in [0, 0.05) is 36.6 Å². The van der Waals surface area contributed by atoms with Crippen LogP contribution in [0.15, 0.2) is 35.4 Å². The highest BCUT2D eigenvalue weighted by atomic mass is 32.2. The average Bonchev–Trinajstić information content (AvgIpc) is 3.44. The van der Waals surface area contributed by atoms with Gasteiger partial charge in [0.05, 0.1) is 11.1 Å². The van der Waals surface area contributed by atoms with E-state index >= 15 is 0 Å². The van der Waals surface area contributed by atoms with Crippen molar-refractivity contribution < 1.29 is 13.2 Å². The van der Waals surface area contributed by atoms with Crippen LogP contribution in [-0.2, 0) is 21.2 Å². The highest BCUT2D eigenvalue weighted by Crippen LogP contribution is 2.23. The van der Waals surface area contributed by atoms with Gasteiger partial charge in [0.15, 0.2) is 5.65 Å². The molecule has 1 amide bonds. The van der Waals surface area contributed by atoms with E-state index in [0.29, 0.717) is 36.4 Å². The zero-order valence-corrected chi connectivity index (χ0v) is 18.8. The van der Waals surface area contributed by atoms with Crippen LogP contribution in [0.2, 0.25) is 0 Å². The lowest BCUT2D eigenvalue weighted by molar-refractivity contribution is -0.116. The van der Waals surface area contributed by atoms with Crippen molar-refractivity contribution in [1.82, 2.24) is 18.9 Å². The minimum absolute atomic E-state index is 0.183. The van der Waals surface area contributed by atoms with Gasteiger partial charge in [-0.3, -0.25) is 4.79 Å². The van der Waals surface area contributed by atoms with Crippen LogP contribution < -0.4 is 5.32 Å². The molecule has 0 bridgehead atoms. The standard InChI is InChI=1S/C22H24N6O3S/c1-15-20(16(2)28-22(25-15)17(13-23)14-24-28)9-10-21(29)26-18-5-7-19(8-6-18)32(30,31)27-11-3-4-12-27/h5-8,14H,3-4,9-12H2,1-2H3,(H,26,29). The maximum Gasteiger partial charge on any atom is 0.243 e. The topological polar surface area (TPSA) is 120 Å². The summed E-state index contributed by atoms with van der Waals surface area (Å²) < 4.78 is 28.3. The number of sulfonamides is 1. The van der Waals surface area contributed by atoms with Crippen LogP contribution in [0.4, 0.5) is 5.69 Å². The molecule has 9 nitrogen and oxygen atoms in total. The Balaban J connectivity index is 1.42. The van der Waals surface area contributed by atoms with Crippen molar-refractivity contribution in [2.24, 2.45) is 0 Å². The molecule has 0 radical (unpaired) electrons. The highest BCUT2D eigenvalue weighted by molar-refractivity contribution is 7.89. The molecule has 1 saturated heterocycles. The highest BCUT2D eigenvalue weighted by Gasteiger charge is 2.27. The van der Waals surface area contributed by atoms with Crippen molar-refractivity contribution in [3.63, 3.8) is 0 Å². The fourth-order valence-corrected chi connectivity index (χ4v) is 5.52. The lowest BCUT2D eigenvalue weighted by atomic mass is 10.1. The number of aryl methyl sites for hydroxylation is 2. The Labute approximate surface area is 186 Å². The van der Waals surface area contributed by atoms with Gasteiger partial charge in [0.25, 0.3) is 0 Å². The van der Waals surface area contributed by atoms with Crippen molar-refractivity contribution in [1.29, 1.82) is 5.26 Å². The zero-order chi connectivity index (χ0) is 22.9. The molecule has 10 heteroatoms. The predicted octanol–water partition coefficient (Wildman–Crippen LogP) is 2.57. The Morgan fingerprint density at radius 1 is 1.19 bits per heavy atom. The number of fused-ring (bicyclic) bond motifs is 1. The van der Waals surface area contributed by atoms with Crippen LogP contribution >= 0.6 is 0 Å². The summed E-state index contributed by atoms with van der Waals surface area (Å²) in [5.74, 6) is -0.183. The van der Waals surface area contributed by atoms with E-state index in [1.165, 1.54) is 22.6 Å². The Hall–Kier alpha value is -3.29.